The number of benzene rings is 2. The Kier molecular flexibility index (Phi) is 6.04. The van der Waals surface area contributed by atoms with Gasteiger partial charge in [0.25, 0.3) is 0 Å². The second-order valence-corrected chi connectivity index (χ2v) is 8.03. The molecule has 1 fully saturated rings. The van der Waals surface area contributed by atoms with Crippen molar-refractivity contribution in [3.05, 3.63) is 63.9 Å². The van der Waals surface area contributed by atoms with Gasteiger partial charge in [-0.1, -0.05) is 35.9 Å². The first-order valence-electron chi connectivity index (χ1n) is 9.94. The molecule has 2 aromatic carbocycles. The summed E-state index contributed by atoms with van der Waals surface area (Å²) in [5.74, 6) is 1.70. The maximum absolute atomic E-state index is 6.38. The molecule has 0 bridgehead atoms. The second kappa shape index (κ2) is 8.69. The van der Waals surface area contributed by atoms with E-state index in [1.807, 2.05) is 47.5 Å². The van der Waals surface area contributed by atoms with E-state index in [1.54, 1.807) is 0 Å². The lowest BCUT2D eigenvalue weighted by Gasteiger charge is -2.24. The van der Waals surface area contributed by atoms with Crippen LogP contribution in [0.3, 0.4) is 0 Å². The van der Waals surface area contributed by atoms with Gasteiger partial charge in [-0.25, -0.2) is 4.68 Å². The fourth-order valence-electron chi connectivity index (χ4n) is 3.95. The van der Waals surface area contributed by atoms with Crippen molar-refractivity contribution in [1.29, 1.82) is 0 Å². The molecule has 0 saturated carbocycles. The normalized spacial score (nSPS) is 17.0. The lowest BCUT2D eigenvalue weighted by molar-refractivity contribution is 0.190. The van der Waals surface area contributed by atoms with E-state index < -0.39 is 0 Å². The molecule has 7 heteroatoms. The molecular weight excluding hydrogens is 404 g/mol. The molecule has 29 heavy (non-hydrogen) atoms. The molecule has 152 valence electrons. The summed E-state index contributed by atoms with van der Waals surface area (Å²) in [6, 6.07) is 16.5. The summed E-state index contributed by atoms with van der Waals surface area (Å²) < 4.78 is 10.1. The van der Waals surface area contributed by atoms with Crippen molar-refractivity contribution < 1.29 is 4.74 Å². The van der Waals surface area contributed by atoms with Crippen molar-refractivity contribution in [2.45, 2.75) is 32.5 Å². The van der Waals surface area contributed by atoms with Gasteiger partial charge in [-0.2, -0.15) is 5.10 Å². The van der Waals surface area contributed by atoms with Gasteiger partial charge in [-0.3, -0.25) is 4.90 Å². The molecule has 1 aliphatic heterocycles. The Morgan fingerprint density at radius 2 is 1.93 bits per heavy atom. The highest BCUT2D eigenvalue weighted by Crippen LogP contribution is 2.33. The standard InChI is InChI=1S/C22H25ClN4OS/c1-3-28-17-12-10-16(11-13-17)20-9-6-14-26(20)15-27-22(29)25(2)21(24-27)18-7-4-5-8-19(18)23/h4-5,7-8,10-13,20H,3,6,9,14-15H2,1-2H3/t20-/m0/s1. The van der Waals surface area contributed by atoms with Gasteiger partial charge in [-0.05, 0) is 61.8 Å². The number of likely N-dealkylation sites (tertiary alicyclic amines) is 1. The van der Waals surface area contributed by atoms with Crippen LogP contribution >= 0.6 is 23.8 Å². The molecule has 0 spiro atoms. The van der Waals surface area contributed by atoms with Gasteiger partial charge in [0, 0.05) is 25.2 Å². The summed E-state index contributed by atoms with van der Waals surface area (Å²) in [4.78, 5) is 2.44. The zero-order chi connectivity index (χ0) is 20.4. The minimum Gasteiger partial charge on any atom is -0.494 e. The highest BCUT2D eigenvalue weighted by atomic mass is 35.5. The molecular formula is C22H25ClN4OS. The van der Waals surface area contributed by atoms with Gasteiger partial charge in [0.2, 0.25) is 0 Å². The van der Waals surface area contributed by atoms with Crippen molar-refractivity contribution >= 4 is 23.8 Å². The first-order chi connectivity index (χ1) is 14.1. The average molecular weight is 429 g/mol. The highest BCUT2D eigenvalue weighted by molar-refractivity contribution is 7.71. The van der Waals surface area contributed by atoms with Gasteiger partial charge in [0.15, 0.2) is 10.6 Å². The predicted octanol–water partition coefficient (Wildman–Crippen LogP) is 5.46. The molecule has 1 aliphatic rings. The van der Waals surface area contributed by atoms with Crippen molar-refractivity contribution in [2.75, 3.05) is 13.2 Å². The summed E-state index contributed by atoms with van der Waals surface area (Å²) in [5, 5.41) is 5.48. The third-order valence-electron chi connectivity index (χ3n) is 5.41. The Balaban J connectivity index is 1.58. The summed E-state index contributed by atoms with van der Waals surface area (Å²) in [7, 11) is 1.94. The van der Waals surface area contributed by atoms with Gasteiger partial charge < -0.3 is 9.30 Å². The number of aromatic nitrogens is 3. The van der Waals surface area contributed by atoms with Crippen LogP contribution in [0.2, 0.25) is 5.02 Å². The number of rotatable bonds is 6. The van der Waals surface area contributed by atoms with E-state index in [4.69, 9.17) is 33.7 Å². The van der Waals surface area contributed by atoms with E-state index in [-0.39, 0.29) is 0 Å². The molecule has 0 unspecified atom stereocenters. The van der Waals surface area contributed by atoms with Crippen LogP contribution in [0.5, 0.6) is 5.75 Å². The van der Waals surface area contributed by atoms with Crippen LogP contribution in [0.25, 0.3) is 11.4 Å². The summed E-state index contributed by atoms with van der Waals surface area (Å²) in [6.07, 6.45) is 2.29. The molecule has 0 N–H and O–H groups in total. The first-order valence-corrected chi connectivity index (χ1v) is 10.7. The molecule has 5 nitrogen and oxygen atoms in total. The number of ether oxygens (including phenoxy) is 1. The van der Waals surface area contributed by atoms with E-state index >= 15 is 0 Å². The molecule has 0 radical (unpaired) electrons. The minimum absolute atomic E-state index is 0.360. The summed E-state index contributed by atoms with van der Waals surface area (Å²) in [5.41, 5.74) is 2.20. The average Bonchev–Trinajstić information content (AvgIpc) is 3.30. The fourth-order valence-corrected chi connectivity index (χ4v) is 4.36. The lowest BCUT2D eigenvalue weighted by Crippen LogP contribution is -2.27. The van der Waals surface area contributed by atoms with E-state index in [2.05, 4.69) is 29.2 Å². The SMILES string of the molecule is CCOc1ccc([C@@H]2CCCN2Cn2nc(-c3ccccc3Cl)n(C)c2=S)cc1. The van der Waals surface area contributed by atoms with Gasteiger partial charge >= 0.3 is 0 Å². The molecule has 0 amide bonds. The molecule has 4 rings (SSSR count). The Labute approximate surface area is 181 Å². The number of halogens is 1. The van der Waals surface area contributed by atoms with E-state index in [0.717, 1.165) is 36.5 Å². The third kappa shape index (κ3) is 4.10. The van der Waals surface area contributed by atoms with Crippen molar-refractivity contribution in [3.63, 3.8) is 0 Å². The van der Waals surface area contributed by atoms with Crippen LogP contribution < -0.4 is 4.74 Å². The zero-order valence-corrected chi connectivity index (χ0v) is 18.3. The predicted molar refractivity (Wildman–Crippen MR) is 119 cm³/mol. The molecule has 1 saturated heterocycles. The lowest BCUT2D eigenvalue weighted by atomic mass is 10.0. The van der Waals surface area contributed by atoms with E-state index in [1.165, 1.54) is 5.56 Å². The van der Waals surface area contributed by atoms with Crippen LogP contribution in [0.1, 0.15) is 31.4 Å². The molecule has 3 aromatic rings. The number of nitrogens with zero attached hydrogens (tertiary/aromatic N) is 4. The van der Waals surface area contributed by atoms with E-state index in [0.29, 0.717) is 29.1 Å². The number of hydrogen-bond acceptors (Lipinski definition) is 4. The maximum Gasteiger partial charge on any atom is 0.199 e. The highest BCUT2D eigenvalue weighted by Gasteiger charge is 2.27. The van der Waals surface area contributed by atoms with Crippen LogP contribution in [-0.4, -0.2) is 32.4 Å². The Bertz CT molecular complexity index is 1040. The molecule has 0 aliphatic carbocycles. The minimum atomic E-state index is 0.360. The van der Waals surface area contributed by atoms with Crippen LogP contribution in [0.4, 0.5) is 0 Å². The van der Waals surface area contributed by atoms with Crippen molar-refractivity contribution in [1.82, 2.24) is 19.2 Å². The largest absolute Gasteiger partial charge is 0.494 e. The van der Waals surface area contributed by atoms with Gasteiger partial charge in [0.1, 0.15) is 5.75 Å². The first kappa shape index (κ1) is 20.1. The van der Waals surface area contributed by atoms with Crippen LogP contribution in [0, 0.1) is 4.77 Å². The molecule has 2 heterocycles. The molecule has 1 atom stereocenters. The maximum atomic E-state index is 6.38. The monoisotopic (exact) mass is 428 g/mol. The zero-order valence-electron chi connectivity index (χ0n) is 16.7. The van der Waals surface area contributed by atoms with Crippen LogP contribution in [-0.2, 0) is 13.7 Å². The van der Waals surface area contributed by atoms with Crippen LogP contribution in [0.15, 0.2) is 48.5 Å². The second-order valence-electron chi connectivity index (χ2n) is 7.26. The topological polar surface area (TPSA) is 35.2 Å². The Morgan fingerprint density at radius 3 is 2.66 bits per heavy atom. The third-order valence-corrected chi connectivity index (χ3v) is 6.22. The van der Waals surface area contributed by atoms with Gasteiger partial charge in [-0.15, -0.1) is 0 Å². The Hall–Kier alpha value is -2.15. The number of hydrogen-bond donors (Lipinski definition) is 0. The fraction of sp³-hybridized carbons (Fsp3) is 0.364. The summed E-state index contributed by atoms with van der Waals surface area (Å²) in [6.45, 7) is 4.37. The summed E-state index contributed by atoms with van der Waals surface area (Å²) >= 11 is 12.1. The quantitative estimate of drug-likeness (QED) is 0.488. The van der Waals surface area contributed by atoms with E-state index in [9.17, 15) is 0 Å². The van der Waals surface area contributed by atoms with Crippen molar-refractivity contribution in [2.24, 2.45) is 7.05 Å². The molecule has 1 aromatic heterocycles. The Morgan fingerprint density at radius 1 is 1.17 bits per heavy atom. The smallest absolute Gasteiger partial charge is 0.199 e. The van der Waals surface area contributed by atoms with Crippen molar-refractivity contribution in [3.8, 4) is 17.1 Å². The van der Waals surface area contributed by atoms with Gasteiger partial charge in [0.05, 0.1) is 18.3 Å².